The zero-order valence-corrected chi connectivity index (χ0v) is 14.8. The van der Waals surface area contributed by atoms with Gasteiger partial charge in [0.1, 0.15) is 4.32 Å². The van der Waals surface area contributed by atoms with Gasteiger partial charge in [-0.2, -0.15) is 0 Å². The lowest BCUT2D eigenvalue weighted by molar-refractivity contribution is -0.112. The molecule has 1 amide bonds. The number of anilines is 1. The first-order valence-corrected chi connectivity index (χ1v) is 8.71. The highest BCUT2D eigenvalue weighted by Gasteiger charge is 2.41. The normalized spacial score (nSPS) is 13.5. The van der Waals surface area contributed by atoms with E-state index in [2.05, 4.69) is 21.2 Å². The van der Waals surface area contributed by atoms with Crippen LogP contribution < -0.4 is 5.32 Å². The highest BCUT2D eigenvalue weighted by molar-refractivity contribution is 9.10. The van der Waals surface area contributed by atoms with Crippen LogP contribution in [0.15, 0.2) is 78.9 Å². The topological polar surface area (TPSA) is 46.2 Å². The minimum absolute atomic E-state index is 0.428. The first kappa shape index (κ1) is 15.8. The lowest BCUT2D eigenvalue weighted by Crippen LogP contribution is -2.24. The van der Waals surface area contributed by atoms with E-state index in [4.69, 9.17) is 0 Å². The molecular weight excluding hydrogens is 378 g/mol. The standard InChI is InChI=1S/C21H14BrNO2/c22-21(14-8-3-1-4-9-14,15-10-5-2-6-11-15)16-12-7-13-17-18(16)19(24)20(25)23-17/h1-13H,(H,23,24,25). The average molecular weight is 392 g/mol. The van der Waals surface area contributed by atoms with Gasteiger partial charge < -0.3 is 5.32 Å². The molecule has 0 unspecified atom stereocenters. The molecule has 122 valence electrons. The minimum atomic E-state index is -0.733. The number of fused-ring (bicyclic) bond motifs is 1. The monoisotopic (exact) mass is 391 g/mol. The number of amides is 1. The van der Waals surface area contributed by atoms with Gasteiger partial charge in [-0.15, -0.1) is 0 Å². The van der Waals surface area contributed by atoms with E-state index in [1.54, 1.807) is 6.07 Å². The smallest absolute Gasteiger partial charge is 0.296 e. The summed E-state index contributed by atoms with van der Waals surface area (Å²) >= 11 is 3.92. The minimum Gasteiger partial charge on any atom is -0.318 e. The van der Waals surface area contributed by atoms with Crippen LogP contribution in [-0.4, -0.2) is 11.7 Å². The molecule has 0 atom stereocenters. The Morgan fingerprint density at radius 3 is 1.84 bits per heavy atom. The van der Waals surface area contributed by atoms with Crippen molar-refractivity contribution in [2.45, 2.75) is 4.32 Å². The summed E-state index contributed by atoms with van der Waals surface area (Å²) in [5.74, 6) is -1.08. The zero-order chi connectivity index (χ0) is 17.4. The first-order valence-electron chi connectivity index (χ1n) is 7.91. The quantitative estimate of drug-likeness (QED) is 0.405. The fourth-order valence-electron chi connectivity index (χ4n) is 3.29. The number of Topliss-reactive ketones (excluding diaryl/α,β-unsaturated/α-hetero) is 1. The van der Waals surface area contributed by atoms with Crippen LogP contribution in [0.25, 0.3) is 0 Å². The zero-order valence-electron chi connectivity index (χ0n) is 13.2. The summed E-state index contributed by atoms with van der Waals surface area (Å²) in [4.78, 5) is 24.4. The van der Waals surface area contributed by atoms with Gasteiger partial charge in [0.05, 0.1) is 11.3 Å². The van der Waals surface area contributed by atoms with Gasteiger partial charge in [0.15, 0.2) is 0 Å². The Morgan fingerprint density at radius 2 is 1.28 bits per heavy atom. The number of nitrogens with one attached hydrogen (secondary N) is 1. The second kappa shape index (κ2) is 5.97. The van der Waals surface area contributed by atoms with Crippen LogP contribution in [0.5, 0.6) is 0 Å². The van der Waals surface area contributed by atoms with Gasteiger partial charge >= 0.3 is 0 Å². The summed E-state index contributed by atoms with van der Waals surface area (Å²) in [6, 6.07) is 25.3. The van der Waals surface area contributed by atoms with Crippen LogP contribution in [0, 0.1) is 0 Å². The molecule has 0 fully saturated rings. The fraction of sp³-hybridized carbons (Fsp3) is 0.0476. The van der Waals surface area contributed by atoms with E-state index in [1.807, 2.05) is 72.8 Å². The molecule has 0 spiro atoms. The molecule has 1 aliphatic heterocycles. The van der Waals surface area contributed by atoms with E-state index in [-0.39, 0.29) is 0 Å². The molecule has 1 aliphatic rings. The molecule has 0 bridgehead atoms. The van der Waals surface area contributed by atoms with Crippen LogP contribution in [0.4, 0.5) is 5.69 Å². The van der Waals surface area contributed by atoms with Gasteiger partial charge in [-0.05, 0) is 22.8 Å². The van der Waals surface area contributed by atoms with Crippen molar-refractivity contribution in [3.05, 3.63) is 101 Å². The highest BCUT2D eigenvalue weighted by atomic mass is 79.9. The largest absolute Gasteiger partial charge is 0.318 e. The number of rotatable bonds is 3. The molecule has 0 radical (unpaired) electrons. The van der Waals surface area contributed by atoms with E-state index in [0.29, 0.717) is 11.3 Å². The van der Waals surface area contributed by atoms with Crippen molar-refractivity contribution in [2.24, 2.45) is 0 Å². The first-order chi connectivity index (χ1) is 12.1. The Labute approximate surface area is 153 Å². The summed E-state index contributed by atoms with van der Waals surface area (Å²) in [7, 11) is 0. The van der Waals surface area contributed by atoms with Gasteiger partial charge in [0.25, 0.3) is 11.7 Å². The third kappa shape index (κ3) is 2.41. The third-order valence-corrected chi connectivity index (χ3v) is 5.80. The molecule has 1 heterocycles. The maximum absolute atomic E-state index is 12.5. The van der Waals surface area contributed by atoms with Gasteiger partial charge in [-0.3, -0.25) is 9.59 Å². The Balaban J connectivity index is 2.04. The molecule has 4 heteroatoms. The van der Waals surface area contributed by atoms with Gasteiger partial charge in [-0.25, -0.2) is 0 Å². The lowest BCUT2D eigenvalue weighted by Gasteiger charge is -2.31. The van der Waals surface area contributed by atoms with Crippen molar-refractivity contribution >= 4 is 33.3 Å². The third-order valence-electron chi connectivity index (χ3n) is 4.46. The number of hydrogen-bond donors (Lipinski definition) is 1. The molecule has 3 aromatic carbocycles. The molecule has 3 nitrogen and oxygen atoms in total. The van der Waals surface area contributed by atoms with Crippen molar-refractivity contribution in [3.63, 3.8) is 0 Å². The van der Waals surface area contributed by atoms with Crippen molar-refractivity contribution in [1.29, 1.82) is 0 Å². The molecule has 1 N–H and O–H groups in total. The van der Waals surface area contributed by atoms with Gasteiger partial charge in [0, 0.05) is 0 Å². The van der Waals surface area contributed by atoms with Crippen LogP contribution in [0.2, 0.25) is 0 Å². The molecule has 25 heavy (non-hydrogen) atoms. The Morgan fingerprint density at radius 1 is 0.720 bits per heavy atom. The molecule has 0 saturated carbocycles. The summed E-state index contributed by atoms with van der Waals surface area (Å²) in [5.41, 5.74) is 3.72. The van der Waals surface area contributed by atoms with Crippen molar-refractivity contribution in [1.82, 2.24) is 0 Å². The fourth-order valence-corrected chi connectivity index (χ4v) is 4.15. The van der Waals surface area contributed by atoms with Gasteiger partial charge in [0.2, 0.25) is 0 Å². The predicted molar refractivity (Wildman–Crippen MR) is 101 cm³/mol. The second-order valence-electron chi connectivity index (χ2n) is 5.90. The lowest BCUT2D eigenvalue weighted by atomic mass is 9.82. The average Bonchev–Trinajstić information content (AvgIpc) is 2.96. The Hall–Kier alpha value is -2.72. The molecule has 0 aliphatic carbocycles. The van der Waals surface area contributed by atoms with E-state index in [1.165, 1.54) is 0 Å². The second-order valence-corrected chi connectivity index (χ2v) is 7.09. The van der Waals surface area contributed by atoms with E-state index >= 15 is 0 Å². The van der Waals surface area contributed by atoms with Crippen molar-refractivity contribution in [3.8, 4) is 0 Å². The van der Waals surface area contributed by atoms with Crippen molar-refractivity contribution in [2.75, 3.05) is 5.32 Å². The molecule has 0 saturated heterocycles. The number of ketones is 1. The summed E-state index contributed by atoms with van der Waals surface area (Å²) in [6.45, 7) is 0. The van der Waals surface area contributed by atoms with E-state index in [9.17, 15) is 9.59 Å². The summed E-state index contributed by atoms with van der Waals surface area (Å²) in [5, 5.41) is 2.65. The van der Waals surface area contributed by atoms with E-state index in [0.717, 1.165) is 16.7 Å². The number of hydrogen-bond acceptors (Lipinski definition) is 2. The predicted octanol–water partition coefficient (Wildman–Crippen LogP) is 4.51. The number of alkyl halides is 1. The van der Waals surface area contributed by atoms with Crippen LogP contribution >= 0.6 is 15.9 Å². The van der Waals surface area contributed by atoms with Crippen LogP contribution in [0.1, 0.15) is 27.0 Å². The van der Waals surface area contributed by atoms with Crippen LogP contribution in [0.3, 0.4) is 0 Å². The van der Waals surface area contributed by atoms with Gasteiger partial charge in [-0.1, -0.05) is 88.7 Å². The molecular formula is C21H14BrNO2. The molecule has 0 aromatic heterocycles. The summed E-state index contributed by atoms with van der Waals surface area (Å²) < 4.78 is -0.733. The van der Waals surface area contributed by atoms with Crippen LogP contribution in [-0.2, 0) is 9.12 Å². The van der Waals surface area contributed by atoms with Crippen molar-refractivity contribution < 1.29 is 9.59 Å². The molecule has 3 aromatic rings. The maximum Gasteiger partial charge on any atom is 0.296 e. The number of halogens is 1. The Kier molecular flexibility index (Phi) is 3.77. The Bertz CT molecular complexity index is 928. The molecule has 4 rings (SSSR count). The number of carbonyl (C=O) groups excluding carboxylic acids is 2. The number of carbonyl (C=O) groups is 2. The maximum atomic E-state index is 12.5. The SMILES string of the molecule is O=C1Nc2cccc(C(Br)(c3ccccc3)c3ccccc3)c2C1=O. The number of benzene rings is 3. The summed E-state index contributed by atoms with van der Waals surface area (Å²) in [6.07, 6.45) is 0. The highest BCUT2D eigenvalue weighted by Crippen LogP contribution is 2.48. The van der Waals surface area contributed by atoms with E-state index < -0.39 is 16.0 Å².